The molecule has 4 heteroatoms. The maximum absolute atomic E-state index is 12.9. The number of aliphatic hydroxyl groups is 1. The van der Waals surface area contributed by atoms with Crippen LogP contribution < -0.4 is 0 Å². The maximum Gasteiger partial charge on any atom is 2.00 e. The van der Waals surface area contributed by atoms with E-state index in [0.29, 0.717) is 6.04 Å². The van der Waals surface area contributed by atoms with E-state index in [1.807, 2.05) is 32.1 Å². The standard InChI is InChI=1S/C30H40NOSi.C5H5.Fe/c1-20-14-21(2)17-24(16-20)30(32,25-18-22(3)15-23(4)19-25)26-11-12-28(33(6,7)8)29(26)27-10-9-13-31(27)5;1-2-4-5-3-1;/h11-12,14-19,27,32H,9-10,13H2,1-8H3;1-5H;/q;;+2/t27-;;/m1../s1. The third-order valence-corrected chi connectivity index (χ3v) is 9.93. The van der Waals surface area contributed by atoms with E-state index in [-0.39, 0.29) is 17.1 Å². The molecule has 39 heavy (non-hydrogen) atoms. The van der Waals surface area contributed by atoms with E-state index >= 15 is 0 Å². The van der Waals surface area contributed by atoms with Crippen molar-refractivity contribution in [2.45, 2.75) is 71.8 Å². The van der Waals surface area contributed by atoms with Gasteiger partial charge in [0.1, 0.15) is 5.60 Å². The summed E-state index contributed by atoms with van der Waals surface area (Å²) in [5.74, 6) is 2.46. The Morgan fingerprint density at radius 3 is 1.54 bits per heavy atom. The van der Waals surface area contributed by atoms with Gasteiger partial charge in [-0.1, -0.05) is 78.3 Å². The average molecular weight is 580 g/mol. The summed E-state index contributed by atoms with van der Waals surface area (Å²) in [6.45, 7) is 16.9. The van der Waals surface area contributed by atoms with Crippen molar-refractivity contribution in [1.82, 2.24) is 4.90 Å². The van der Waals surface area contributed by atoms with Crippen LogP contribution >= 0.6 is 0 Å². The monoisotopic (exact) mass is 579 g/mol. The fourth-order valence-electron chi connectivity index (χ4n) is 6.26. The molecular formula is C35H45FeNOSi+2. The Kier molecular flexibility index (Phi) is 11.2. The smallest absolute Gasteiger partial charge is 0.380 e. The molecule has 1 aliphatic heterocycles. The van der Waals surface area contributed by atoms with Gasteiger partial charge in [-0.05, 0) is 116 Å². The van der Waals surface area contributed by atoms with E-state index in [4.69, 9.17) is 0 Å². The zero-order valence-electron chi connectivity index (χ0n) is 25.0. The summed E-state index contributed by atoms with van der Waals surface area (Å²) in [7, 11) is 0.629. The molecule has 2 nitrogen and oxygen atoms in total. The van der Waals surface area contributed by atoms with Gasteiger partial charge in [0.25, 0.3) is 0 Å². The third kappa shape index (κ3) is 7.30. The first-order chi connectivity index (χ1) is 17.9. The minimum absolute atomic E-state index is 0. The number of rotatable bonds is 5. The van der Waals surface area contributed by atoms with Crippen LogP contribution in [0.1, 0.15) is 46.2 Å². The van der Waals surface area contributed by atoms with Crippen molar-refractivity contribution in [2.75, 3.05) is 13.6 Å². The maximum atomic E-state index is 12.9. The molecule has 1 saturated heterocycles. The number of benzene rings is 2. The zero-order chi connectivity index (χ0) is 27.7. The number of hydrogen-bond donors (Lipinski definition) is 1. The van der Waals surface area contributed by atoms with Crippen LogP contribution in [0.2, 0.25) is 19.6 Å². The van der Waals surface area contributed by atoms with Crippen molar-refractivity contribution in [2.24, 2.45) is 0 Å². The molecule has 0 amide bonds. The van der Waals surface area contributed by atoms with Crippen molar-refractivity contribution < 1.29 is 22.2 Å². The van der Waals surface area contributed by atoms with Gasteiger partial charge in [0.2, 0.25) is 0 Å². The van der Waals surface area contributed by atoms with Crippen LogP contribution in [0.5, 0.6) is 0 Å². The van der Waals surface area contributed by atoms with Crippen LogP contribution in [-0.4, -0.2) is 37.7 Å². The predicted octanol–water partition coefficient (Wildman–Crippen LogP) is 7.29. The third-order valence-electron chi connectivity index (χ3n) is 7.88. The molecule has 2 aromatic carbocycles. The van der Waals surface area contributed by atoms with E-state index in [0.717, 1.165) is 30.0 Å². The van der Waals surface area contributed by atoms with Crippen molar-refractivity contribution in [3.8, 4) is 0 Å². The first-order valence-corrected chi connectivity index (χ1v) is 17.5. The van der Waals surface area contributed by atoms with Crippen LogP contribution in [-0.2, 0) is 22.7 Å². The van der Waals surface area contributed by atoms with Crippen molar-refractivity contribution >= 4 is 8.07 Å². The largest absolute Gasteiger partial charge is 2.00 e. The number of hydrogen-bond acceptors (Lipinski definition) is 2. The normalized spacial score (nSPS) is 21.6. The zero-order valence-corrected chi connectivity index (χ0v) is 27.1. The predicted molar refractivity (Wildman–Crippen MR) is 164 cm³/mol. The van der Waals surface area contributed by atoms with Crippen LogP contribution in [0.3, 0.4) is 0 Å². The Hall–Kier alpha value is -0.904. The summed E-state index contributed by atoms with van der Waals surface area (Å²) >= 11 is 0. The molecule has 1 heterocycles. The Bertz CT molecular complexity index is 989. The molecule has 0 spiro atoms. The van der Waals surface area contributed by atoms with Gasteiger partial charge >= 0.3 is 17.1 Å². The second-order valence-corrected chi connectivity index (χ2v) is 17.4. The molecule has 3 aliphatic rings. The van der Waals surface area contributed by atoms with Crippen LogP contribution in [0.15, 0.2) is 36.4 Å². The van der Waals surface area contributed by atoms with Crippen LogP contribution in [0.4, 0.5) is 0 Å². The van der Waals surface area contributed by atoms with E-state index in [1.165, 1.54) is 40.1 Å². The Morgan fingerprint density at radius 1 is 0.744 bits per heavy atom. The summed E-state index contributed by atoms with van der Waals surface area (Å²) in [4.78, 5) is 2.49. The van der Waals surface area contributed by atoms with Crippen molar-refractivity contribution in [3.63, 3.8) is 0 Å². The van der Waals surface area contributed by atoms with Gasteiger partial charge < -0.3 is 10.0 Å². The van der Waals surface area contributed by atoms with Gasteiger partial charge in [-0.25, -0.2) is 0 Å². The fourth-order valence-corrected chi connectivity index (χ4v) is 7.95. The Balaban J connectivity index is 0.000000630. The van der Waals surface area contributed by atoms with Gasteiger partial charge in [0.05, 0.1) is 8.07 Å². The van der Waals surface area contributed by atoms with E-state index in [1.54, 1.807) is 0 Å². The second kappa shape index (κ2) is 13.4. The Labute approximate surface area is 251 Å². The number of aryl methyl sites for hydroxylation is 4. The summed E-state index contributed by atoms with van der Waals surface area (Å²) in [6.07, 6.45) is 16.9. The first kappa shape index (κ1) is 32.6. The molecule has 3 fully saturated rings. The molecule has 5 rings (SSSR count). The molecule has 1 atom stereocenters. The summed E-state index contributed by atoms with van der Waals surface area (Å²) in [5, 5.41) is 12.9. The van der Waals surface area contributed by atoms with Gasteiger partial charge in [-0.15, -0.1) is 0 Å². The molecule has 0 unspecified atom stereocenters. The van der Waals surface area contributed by atoms with Gasteiger partial charge in [0.15, 0.2) is 0 Å². The second-order valence-electron chi connectivity index (χ2n) is 12.4. The molecular weight excluding hydrogens is 534 g/mol. The topological polar surface area (TPSA) is 23.5 Å². The van der Waals surface area contributed by atoms with E-state index in [2.05, 4.69) is 109 Å². The molecule has 2 aliphatic carbocycles. The van der Waals surface area contributed by atoms with Gasteiger partial charge in [-0.3, -0.25) is 0 Å². The number of likely N-dealkylation sites (tertiary alicyclic amines) is 1. The van der Waals surface area contributed by atoms with Crippen molar-refractivity contribution in [3.05, 3.63) is 132 Å². The summed E-state index contributed by atoms with van der Waals surface area (Å²) < 4.78 is 0. The van der Waals surface area contributed by atoms with Crippen molar-refractivity contribution in [1.29, 1.82) is 0 Å². The van der Waals surface area contributed by atoms with Gasteiger partial charge in [0, 0.05) is 17.9 Å². The van der Waals surface area contributed by atoms with Gasteiger partial charge in [-0.2, -0.15) is 0 Å². The first-order valence-electron chi connectivity index (χ1n) is 14.0. The summed E-state index contributed by atoms with van der Waals surface area (Å²) in [6, 6.07) is 13.4. The molecule has 0 aromatic heterocycles. The SMILES string of the molecule is Cc1cc(C)cc(C(O)([C]2[CH][CH][C]([Si](C)(C)C)[C]2[C@H]2CCCN2C)c2cc(C)cc(C)c2)c1.[CH]1[CH][CH][CH][CH]1.[Fe+2]. The minimum Gasteiger partial charge on any atom is -0.380 e. The average Bonchev–Trinajstić information content (AvgIpc) is 3.59. The van der Waals surface area contributed by atoms with E-state index in [9.17, 15) is 5.11 Å². The molecule has 10 radical (unpaired) electrons. The fraction of sp³-hybridized carbons (Fsp3) is 0.371. The Morgan fingerprint density at radius 2 is 1.18 bits per heavy atom. The molecule has 2 aromatic rings. The summed E-state index contributed by atoms with van der Waals surface area (Å²) in [5.41, 5.74) is 6.98. The van der Waals surface area contributed by atoms with Crippen LogP contribution in [0, 0.1) is 90.0 Å². The minimum atomic E-state index is -1.62. The molecule has 2 saturated carbocycles. The molecule has 1 N–H and O–H groups in total. The quantitative estimate of drug-likeness (QED) is 0.376. The van der Waals surface area contributed by atoms with Crippen LogP contribution in [0.25, 0.3) is 0 Å². The number of nitrogens with zero attached hydrogens (tertiary/aromatic N) is 1. The molecule has 0 bridgehead atoms. The molecule has 206 valence electrons. The van der Waals surface area contributed by atoms with E-state index < -0.39 is 13.7 Å².